The number of halogens is 3. The first-order valence-corrected chi connectivity index (χ1v) is 11.4. The Morgan fingerprint density at radius 1 is 0.794 bits per heavy atom. The zero-order valence-electron chi connectivity index (χ0n) is 18.4. The van der Waals surface area contributed by atoms with E-state index >= 15 is 0 Å². The van der Waals surface area contributed by atoms with Crippen molar-refractivity contribution in [3.63, 3.8) is 0 Å². The molecule has 2 N–H and O–H groups in total. The molecule has 34 heavy (non-hydrogen) atoms. The lowest BCUT2D eigenvalue weighted by atomic mass is 9.95. The van der Waals surface area contributed by atoms with Crippen LogP contribution in [0.2, 0.25) is 0 Å². The van der Waals surface area contributed by atoms with Gasteiger partial charge in [0.15, 0.2) is 0 Å². The van der Waals surface area contributed by atoms with Gasteiger partial charge in [-0.15, -0.1) is 0 Å². The van der Waals surface area contributed by atoms with Crippen LogP contribution in [-0.4, -0.2) is 18.0 Å². The number of fused-ring (bicyclic) bond motifs is 1. The van der Waals surface area contributed by atoms with Crippen molar-refractivity contribution >= 4 is 5.97 Å². The number of esters is 1. The van der Waals surface area contributed by atoms with E-state index in [1.54, 1.807) is 0 Å². The first-order chi connectivity index (χ1) is 16.3. The number of hydrogen-bond donors (Lipinski definition) is 2. The van der Waals surface area contributed by atoms with Crippen molar-refractivity contribution in [2.45, 2.75) is 43.4 Å². The van der Waals surface area contributed by atoms with Gasteiger partial charge in [0.2, 0.25) is 5.85 Å². The van der Waals surface area contributed by atoms with E-state index in [4.69, 9.17) is 4.74 Å². The van der Waals surface area contributed by atoms with Gasteiger partial charge in [-0.2, -0.15) is 13.2 Å². The number of rotatable bonds is 5. The summed E-state index contributed by atoms with van der Waals surface area (Å²) >= 11 is 0. The third kappa shape index (κ3) is 4.58. The maximum Gasteiger partial charge on any atom is 0.491 e. The Morgan fingerprint density at radius 3 is 1.68 bits per heavy atom. The minimum Gasteiger partial charge on any atom is -0.424 e. The quantitative estimate of drug-likeness (QED) is 0.506. The molecule has 4 nitrogen and oxygen atoms in total. The summed E-state index contributed by atoms with van der Waals surface area (Å²) in [6.45, 7) is 0. The highest BCUT2D eigenvalue weighted by Gasteiger charge is 2.53. The standard InChI is InChI=1S/C27H25F3N2O2/c28-27(29,30)25(33)34-26(17-18-15-21-13-7-8-14-22(21)16-18)31-23(19-9-3-1-4-10-19)24(32-26)20-11-5-2-6-12-20/h1-14,18,23-24,31-32H,15-17H2. The fourth-order valence-corrected chi connectivity index (χ4v) is 5.22. The number of alkyl halides is 3. The van der Waals surface area contributed by atoms with E-state index in [-0.39, 0.29) is 12.3 Å². The zero-order chi connectivity index (χ0) is 23.8. The van der Waals surface area contributed by atoms with Crippen LogP contribution in [-0.2, 0) is 22.4 Å². The first kappa shape index (κ1) is 22.6. The molecule has 1 heterocycles. The number of nitrogens with one attached hydrogen (secondary N) is 2. The topological polar surface area (TPSA) is 50.4 Å². The molecule has 3 aromatic carbocycles. The number of benzene rings is 3. The van der Waals surface area contributed by atoms with Crippen LogP contribution in [0.15, 0.2) is 84.9 Å². The second kappa shape index (κ2) is 8.89. The van der Waals surface area contributed by atoms with Crippen molar-refractivity contribution in [1.82, 2.24) is 10.6 Å². The largest absolute Gasteiger partial charge is 0.491 e. The molecule has 0 bridgehead atoms. The molecular formula is C27H25F3N2O2. The third-order valence-corrected chi connectivity index (χ3v) is 6.64. The molecule has 3 aromatic rings. The molecule has 2 unspecified atom stereocenters. The van der Waals surface area contributed by atoms with Crippen LogP contribution < -0.4 is 10.6 Å². The van der Waals surface area contributed by atoms with E-state index in [0.29, 0.717) is 0 Å². The van der Waals surface area contributed by atoms with E-state index < -0.39 is 30.1 Å². The van der Waals surface area contributed by atoms with Gasteiger partial charge in [-0.1, -0.05) is 84.9 Å². The normalized spacial score (nSPS) is 24.7. The van der Waals surface area contributed by atoms with Gasteiger partial charge >= 0.3 is 12.1 Å². The second-order valence-electron chi connectivity index (χ2n) is 9.03. The summed E-state index contributed by atoms with van der Waals surface area (Å²) in [6, 6.07) is 26.2. The van der Waals surface area contributed by atoms with Crippen molar-refractivity contribution in [2.24, 2.45) is 5.92 Å². The Balaban J connectivity index is 1.50. The molecule has 5 rings (SSSR count). The summed E-state index contributed by atoms with van der Waals surface area (Å²) in [7, 11) is 0. The van der Waals surface area contributed by atoms with Gasteiger partial charge in [-0.25, -0.2) is 4.79 Å². The lowest BCUT2D eigenvalue weighted by molar-refractivity contribution is -0.220. The fraction of sp³-hybridized carbons (Fsp3) is 0.296. The smallest absolute Gasteiger partial charge is 0.424 e. The molecule has 7 heteroatoms. The van der Waals surface area contributed by atoms with Crippen LogP contribution in [0, 0.1) is 5.92 Å². The van der Waals surface area contributed by atoms with Crippen molar-refractivity contribution < 1.29 is 22.7 Å². The van der Waals surface area contributed by atoms with Crippen LogP contribution >= 0.6 is 0 Å². The molecule has 0 saturated carbocycles. The Morgan fingerprint density at radius 2 is 1.24 bits per heavy atom. The van der Waals surface area contributed by atoms with Gasteiger partial charge in [-0.3, -0.25) is 10.6 Å². The van der Waals surface area contributed by atoms with Crippen molar-refractivity contribution in [3.8, 4) is 0 Å². The maximum absolute atomic E-state index is 13.3. The van der Waals surface area contributed by atoms with Gasteiger partial charge in [0.05, 0.1) is 12.1 Å². The highest BCUT2D eigenvalue weighted by atomic mass is 19.4. The monoisotopic (exact) mass is 466 g/mol. The average molecular weight is 467 g/mol. The molecule has 0 radical (unpaired) electrons. The molecule has 0 aromatic heterocycles. The van der Waals surface area contributed by atoms with Crippen LogP contribution in [0.25, 0.3) is 0 Å². The second-order valence-corrected chi connectivity index (χ2v) is 9.03. The van der Waals surface area contributed by atoms with Gasteiger partial charge in [0.1, 0.15) is 0 Å². The minimum atomic E-state index is -5.10. The Bertz CT molecular complexity index is 1080. The fourth-order valence-electron chi connectivity index (χ4n) is 5.22. The predicted octanol–water partition coefficient (Wildman–Crippen LogP) is 5.23. The zero-order valence-corrected chi connectivity index (χ0v) is 18.4. The van der Waals surface area contributed by atoms with Crippen LogP contribution in [0.1, 0.15) is 40.8 Å². The molecule has 176 valence electrons. The average Bonchev–Trinajstić information content (AvgIpc) is 3.41. The van der Waals surface area contributed by atoms with E-state index in [2.05, 4.69) is 10.6 Å². The van der Waals surface area contributed by atoms with Gasteiger partial charge in [-0.05, 0) is 41.0 Å². The third-order valence-electron chi connectivity index (χ3n) is 6.64. The Hall–Kier alpha value is -3.16. The van der Waals surface area contributed by atoms with Gasteiger partial charge in [0.25, 0.3) is 0 Å². The molecule has 1 aliphatic heterocycles. The minimum absolute atomic E-state index is 0.0179. The van der Waals surface area contributed by atoms with Crippen molar-refractivity contribution in [2.75, 3.05) is 0 Å². The van der Waals surface area contributed by atoms with Crippen molar-refractivity contribution in [3.05, 3.63) is 107 Å². The lowest BCUT2D eigenvalue weighted by Crippen LogP contribution is -2.56. The van der Waals surface area contributed by atoms with Gasteiger partial charge < -0.3 is 4.74 Å². The summed E-state index contributed by atoms with van der Waals surface area (Å²) < 4.78 is 45.2. The lowest BCUT2D eigenvalue weighted by Gasteiger charge is -2.33. The summed E-state index contributed by atoms with van der Waals surface area (Å²) in [5.74, 6) is -3.85. The van der Waals surface area contributed by atoms with Gasteiger partial charge in [0, 0.05) is 6.42 Å². The Labute approximate surface area is 196 Å². The summed E-state index contributed by atoms with van der Waals surface area (Å²) in [5.41, 5.74) is 4.15. The molecular weight excluding hydrogens is 441 g/mol. The number of carbonyl (C=O) groups excluding carboxylic acids is 1. The van der Waals surface area contributed by atoms with Crippen LogP contribution in [0.3, 0.4) is 0 Å². The molecule has 1 fully saturated rings. The molecule has 2 atom stereocenters. The van der Waals surface area contributed by atoms with E-state index in [9.17, 15) is 18.0 Å². The van der Waals surface area contributed by atoms with Crippen LogP contribution in [0.4, 0.5) is 13.2 Å². The number of ether oxygens (including phenoxy) is 1. The van der Waals surface area contributed by atoms with Crippen molar-refractivity contribution in [1.29, 1.82) is 0 Å². The predicted molar refractivity (Wildman–Crippen MR) is 121 cm³/mol. The van der Waals surface area contributed by atoms with E-state index in [0.717, 1.165) is 24.0 Å². The number of carbonyl (C=O) groups is 1. The van der Waals surface area contributed by atoms with E-state index in [1.165, 1.54) is 11.1 Å². The highest BCUT2D eigenvalue weighted by molar-refractivity contribution is 5.76. The highest BCUT2D eigenvalue weighted by Crippen LogP contribution is 2.42. The maximum atomic E-state index is 13.3. The molecule has 0 spiro atoms. The van der Waals surface area contributed by atoms with E-state index in [1.807, 2.05) is 84.9 Å². The summed E-state index contributed by atoms with van der Waals surface area (Å²) in [6.07, 6.45) is -3.45. The first-order valence-electron chi connectivity index (χ1n) is 11.4. The summed E-state index contributed by atoms with van der Waals surface area (Å²) in [5, 5.41) is 6.54. The molecule has 1 aliphatic carbocycles. The number of hydrogen-bond acceptors (Lipinski definition) is 4. The molecule has 2 aliphatic rings. The van der Waals surface area contributed by atoms with Crippen LogP contribution in [0.5, 0.6) is 0 Å². The summed E-state index contributed by atoms with van der Waals surface area (Å²) in [4.78, 5) is 12.1. The SMILES string of the molecule is O=C(OC1(CC2Cc3ccccc3C2)NC(c2ccccc2)C(c2ccccc2)N1)C(F)(F)F. The Kier molecular flexibility index (Phi) is 5.91. The molecule has 1 saturated heterocycles. The molecule has 0 amide bonds.